The molecule has 0 aliphatic rings. The van der Waals surface area contributed by atoms with Crippen LogP contribution in [-0.4, -0.2) is 37.8 Å². The van der Waals surface area contributed by atoms with Crippen LogP contribution in [0.5, 0.6) is 0 Å². The van der Waals surface area contributed by atoms with Crippen molar-refractivity contribution < 1.29 is 8.42 Å². The monoisotopic (exact) mass is 325 g/mol. The van der Waals surface area contributed by atoms with Crippen LogP contribution in [-0.2, 0) is 16.4 Å². The van der Waals surface area contributed by atoms with E-state index in [9.17, 15) is 8.42 Å². The summed E-state index contributed by atoms with van der Waals surface area (Å²) in [6, 6.07) is 7.26. The van der Waals surface area contributed by atoms with Crippen molar-refractivity contribution in [2.45, 2.75) is 24.4 Å². The summed E-state index contributed by atoms with van der Waals surface area (Å²) in [5, 5.41) is 4.93. The number of aromatic nitrogens is 1. The van der Waals surface area contributed by atoms with Gasteiger partial charge < -0.3 is 5.32 Å². The number of hydrogen-bond donors (Lipinski definition) is 1. The van der Waals surface area contributed by atoms with E-state index in [0.29, 0.717) is 12.1 Å². The van der Waals surface area contributed by atoms with Gasteiger partial charge in [-0.3, -0.25) is 0 Å². The molecule has 0 aliphatic heterocycles. The molecule has 1 atom stereocenters. The minimum atomic E-state index is -3.62. The number of thiophene rings is 1. The first-order chi connectivity index (χ1) is 9.96. The number of anilines is 1. The smallest absolute Gasteiger partial charge is 0.262 e. The first kappa shape index (κ1) is 15.9. The molecular weight excluding hydrogens is 306 g/mol. The van der Waals surface area contributed by atoms with Crippen LogP contribution in [0.25, 0.3) is 0 Å². The number of likely N-dealkylation sites (N-methyl/N-ethyl adjacent to an activating group) is 1. The molecule has 0 spiro atoms. The predicted octanol–water partition coefficient (Wildman–Crippen LogP) is 2.44. The van der Waals surface area contributed by atoms with Gasteiger partial charge in [0, 0.05) is 31.2 Å². The fraction of sp³-hybridized carbons (Fsp3) is 0.357. The van der Waals surface area contributed by atoms with E-state index in [0.717, 1.165) is 0 Å². The molecule has 0 aromatic carbocycles. The van der Waals surface area contributed by atoms with E-state index < -0.39 is 10.0 Å². The highest BCUT2D eigenvalue weighted by molar-refractivity contribution is 7.89. The van der Waals surface area contributed by atoms with Crippen molar-refractivity contribution >= 4 is 27.0 Å². The van der Waals surface area contributed by atoms with Gasteiger partial charge in [-0.1, -0.05) is 6.07 Å². The van der Waals surface area contributed by atoms with Crippen LogP contribution in [0.1, 0.15) is 11.8 Å². The van der Waals surface area contributed by atoms with Gasteiger partial charge in [-0.15, -0.1) is 11.3 Å². The summed E-state index contributed by atoms with van der Waals surface area (Å²) in [7, 11) is -0.335. The zero-order chi connectivity index (χ0) is 15.5. The number of sulfonamides is 1. The first-order valence-corrected chi connectivity index (χ1v) is 8.92. The van der Waals surface area contributed by atoms with Gasteiger partial charge in [0.25, 0.3) is 10.0 Å². The third kappa shape index (κ3) is 3.42. The summed E-state index contributed by atoms with van der Waals surface area (Å²) in [5.74, 6) is 0. The average molecular weight is 325 g/mol. The van der Waals surface area contributed by atoms with Crippen LogP contribution in [0.3, 0.4) is 0 Å². The van der Waals surface area contributed by atoms with Crippen molar-refractivity contribution in [3.63, 3.8) is 0 Å². The molecule has 0 fully saturated rings. The van der Waals surface area contributed by atoms with Crippen LogP contribution in [0.2, 0.25) is 0 Å². The van der Waals surface area contributed by atoms with E-state index in [1.165, 1.54) is 15.4 Å². The number of rotatable bonds is 6. The minimum absolute atomic E-state index is 0.0630. The Morgan fingerprint density at radius 2 is 2.14 bits per heavy atom. The van der Waals surface area contributed by atoms with Gasteiger partial charge in [-0.2, -0.15) is 4.31 Å². The quantitative estimate of drug-likeness (QED) is 0.886. The molecule has 2 rings (SSSR count). The molecule has 2 aromatic rings. The molecule has 114 valence electrons. The largest absolute Gasteiger partial charge is 0.386 e. The number of nitrogens with one attached hydrogen (secondary N) is 1. The van der Waals surface area contributed by atoms with Crippen molar-refractivity contribution in [1.29, 1.82) is 0 Å². The predicted molar refractivity (Wildman–Crippen MR) is 86.2 cm³/mol. The van der Waals surface area contributed by atoms with E-state index in [1.807, 2.05) is 24.4 Å². The Kier molecular flexibility index (Phi) is 4.97. The van der Waals surface area contributed by atoms with Gasteiger partial charge in [0.1, 0.15) is 0 Å². The second-order valence-electron chi connectivity index (χ2n) is 4.76. The molecule has 2 aromatic heterocycles. The number of hydrogen-bond acceptors (Lipinski definition) is 5. The Morgan fingerprint density at radius 1 is 1.38 bits per heavy atom. The molecule has 0 saturated carbocycles. The molecule has 7 heteroatoms. The van der Waals surface area contributed by atoms with Crippen LogP contribution in [0.4, 0.5) is 5.69 Å². The van der Waals surface area contributed by atoms with Gasteiger partial charge in [0.15, 0.2) is 5.03 Å². The SMILES string of the molecule is CNc1cccnc1S(=O)(=O)N(C)C(C)Cc1cccs1. The first-order valence-electron chi connectivity index (χ1n) is 6.60. The topological polar surface area (TPSA) is 62.3 Å². The second-order valence-corrected chi connectivity index (χ2v) is 7.70. The molecule has 0 aliphatic carbocycles. The van der Waals surface area contributed by atoms with E-state index in [4.69, 9.17) is 0 Å². The molecule has 1 N–H and O–H groups in total. The third-order valence-corrected chi connectivity index (χ3v) is 6.19. The van der Waals surface area contributed by atoms with Crippen LogP contribution >= 0.6 is 11.3 Å². The van der Waals surface area contributed by atoms with Gasteiger partial charge in [-0.25, -0.2) is 13.4 Å². The summed E-state index contributed by atoms with van der Waals surface area (Å²) in [6.45, 7) is 1.90. The molecule has 1 unspecified atom stereocenters. The second kappa shape index (κ2) is 6.55. The fourth-order valence-electron chi connectivity index (χ4n) is 2.01. The lowest BCUT2D eigenvalue weighted by molar-refractivity contribution is 0.387. The third-order valence-electron chi connectivity index (χ3n) is 3.36. The maximum absolute atomic E-state index is 12.7. The summed E-state index contributed by atoms with van der Waals surface area (Å²) in [4.78, 5) is 5.20. The lowest BCUT2D eigenvalue weighted by Gasteiger charge is -2.24. The molecule has 0 amide bonds. The van der Waals surface area contributed by atoms with Gasteiger partial charge in [0.05, 0.1) is 5.69 Å². The highest BCUT2D eigenvalue weighted by Gasteiger charge is 2.29. The summed E-state index contributed by atoms with van der Waals surface area (Å²) < 4.78 is 26.8. The van der Waals surface area contributed by atoms with E-state index in [2.05, 4.69) is 10.3 Å². The van der Waals surface area contributed by atoms with Crippen molar-refractivity contribution in [2.24, 2.45) is 0 Å². The number of pyridine rings is 1. The van der Waals surface area contributed by atoms with Crippen molar-refractivity contribution in [3.05, 3.63) is 40.7 Å². The summed E-state index contributed by atoms with van der Waals surface area (Å²) in [5.41, 5.74) is 0.507. The van der Waals surface area contributed by atoms with E-state index in [-0.39, 0.29) is 11.1 Å². The lowest BCUT2D eigenvalue weighted by Crippen LogP contribution is -2.37. The van der Waals surface area contributed by atoms with Gasteiger partial charge in [0.2, 0.25) is 0 Å². The standard InChI is InChI=1S/C14H19N3O2S2/c1-11(10-12-6-5-9-20-12)17(3)21(18,19)14-13(15-2)7-4-8-16-14/h4-9,11,15H,10H2,1-3H3. The Labute approximate surface area is 129 Å². The Hall–Kier alpha value is -1.44. The van der Waals surface area contributed by atoms with Crippen LogP contribution in [0.15, 0.2) is 40.9 Å². The van der Waals surface area contributed by atoms with Crippen molar-refractivity contribution in [3.8, 4) is 0 Å². The normalized spacial score (nSPS) is 13.3. The van der Waals surface area contributed by atoms with Crippen molar-refractivity contribution in [2.75, 3.05) is 19.4 Å². The molecule has 2 heterocycles. The molecule has 5 nitrogen and oxygen atoms in total. The maximum Gasteiger partial charge on any atom is 0.262 e. The average Bonchev–Trinajstić information content (AvgIpc) is 2.99. The van der Waals surface area contributed by atoms with Crippen LogP contribution in [0, 0.1) is 0 Å². The maximum atomic E-state index is 12.7. The Bertz CT molecular complexity index is 684. The summed E-state index contributed by atoms with van der Waals surface area (Å²) >= 11 is 1.63. The number of nitrogens with zero attached hydrogens (tertiary/aromatic N) is 2. The lowest BCUT2D eigenvalue weighted by atomic mass is 10.2. The van der Waals surface area contributed by atoms with Gasteiger partial charge in [-0.05, 0) is 36.9 Å². The van der Waals surface area contributed by atoms with Crippen LogP contribution < -0.4 is 5.32 Å². The summed E-state index contributed by atoms with van der Waals surface area (Å²) in [6.07, 6.45) is 2.18. The molecule has 0 saturated heterocycles. The molecule has 0 bridgehead atoms. The Morgan fingerprint density at radius 3 is 2.76 bits per heavy atom. The molecule has 0 radical (unpaired) electrons. The Balaban J connectivity index is 2.26. The highest BCUT2D eigenvalue weighted by Crippen LogP contribution is 2.23. The fourth-order valence-corrected chi connectivity index (χ4v) is 4.30. The van der Waals surface area contributed by atoms with Crippen molar-refractivity contribution in [1.82, 2.24) is 9.29 Å². The highest BCUT2D eigenvalue weighted by atomic mass is 32.2. The minimum Gasteiger partial charge on any atom is -0.386 e. The van der Waals surface area contributed by atoms with E-state index >= 15 is 0 Å². The zero-order valence-electron chi connectivity index (χ0n) is 12.3. The molecule has 21 heavy (non-hydrogen) atoms. The van der Waals surface area contributed by atoms with Gasteiger partial charge >= 0.3 is 0 Å². The van der Waals surface area contributed by atoms with E-state index in [1.54, 1.807) is 37.6 Å². The molecular formula is C14H19N3O2S2. The zero-order valence-corrected chi connectivity index (χ0v) is 13.9.